The number of carbonyl (C=O) groups excluding carboxylic acids is 1. The summed E-state index contributed by atoms with van der Waals surface area (Å²) in [5.41, 5.74) is 0. The number of nitrogens with one attached hydrogen (secondary N) is 1. The molecule has 0 spiro atoms. The standard InChI is InChI=1S/C8H11NO2/c1-11-8(10)7-5-2-3-6(4-5)9-7/h2-3,5-7,9H,4H2,1H3/t5-,6+,7?/m1/s1. The zero-order valence-electron chi connectivity index (χ0n) is 6.41. The minimum absolute atomic E-state index is 0.0880. The number of carbonyl (C=O) groups is 1. The fourth-order valence-corrected chi connectivity index (χ4v) is 1.82. The minimum Gasteiger partial charge on any atom is -0.468 e. The zero-order valence-corrected chi connectivity index (χ0v) is 6.41. The molecule has 0 amide bonds. The molecule has 1 saturated heterocycles. The molecule has 2 bridgehead atoms. The van der Waals surface area contributed by atoms with Crippen LogP contribution in [0.4, 0.5) is 0 Å². The van der Waals surface area contributed by atoms with Gasteiger partial charge >= 0.3 is 5.97 Å². The van der Waals surface area contributed by atoms with E-state index in [1.807, 2.05) is 0 Å². The fourth-order valence-electron chi connectivity index (χ4n) is 1.82. The summed E-state index contributed by atoms with van der Waals surface area (Å²) >= 11 is 0. The Kier molecular flexibility index (Phi) is 1.46. The third-order valence-corrected chi connectivity index (χ3v) is 2.39. The second-order valence-corrected chi connectivity index (χ2v) is 3.06. The lowest BCUT2D eigenvalue weighted by Gasteiger charge is -2.15. The monoisotopic (exact) mass is 153 g/mol. The second kappa shape index (κ2) is 2.34. The quantitative estimate of drug-likeness (QED) is 0.428. The van der Waals surface area contributed by atoms with Crippen LogP contribution >= 0.6 is 0 Å². The number of rotatable bonds is 1. The van der Waals surface area contributed by atoms with Gasteiger partial charge in [0, 0.05) is 12.0 Å². The summed E-state index contributed by atoms with van der Waals surface area (Å²) in [4.78, 5) is 11.1. The first kappa shape index (κ1) is 6.85. The first-order valence-electron chi connectivity index (χ1n) is 3.83. The van der Waals surface area contributed by atoms with Gasteiger partial charge in [0.2, 0.25) is 0 Å². The van der Waals surface area contributed by atoms with Gasteiger partial charge < -0.3 is 4.74 Å². The van der Waals surface area contributed by atoms with E-state index in [1.54, 1.807) is 0 Å². The van der Waals surface area contributed by atoms with Crippen LogP contribution in [0.5, 0.6) is 0 Å². The maximum Gasteiger partial charge on any atom is 0.323 e. The van der Waals surface area contributed by atoms with E-state index in [0.29, 0.717) is 12.0 Å². The van der Waals surface area contributed by atoms with E-state index in [9.17, 15) is 4.79 Å². The van der Waals surface area contributed by atoms with E-state index < -0.39 is 0 Å². The van der Waals surface area contributed by atoms with Gasteiger partial charge in [0.15, 0.2) is 0 Å². The summed E-state index contributed by atoms with van der Waals surface area (Å²) in [6, 6.07) is 0.319. The third-order valence-electron chi connectivity index (χ3n) is 2.39. The lowest BCUT2D eigenvalue weighted by Crippen LogP contribution is -2.40. The molecule has 3 atom stereocenters. The Hall–Kier alpha value is -0.830. The minimum atomic E-state index is -0.137. The average Bonchev–Trinajstić information content (AvgIpc) is 2.62. The number of fused-ring (bicyclic) bond motifs is 2. The molecule has 1 aliphatic heterocycles. The Labute approximate surface area is 65.4 Å². The largest absolute Gasteiger partial charge is 0.468 e. The number of hydrogen-bond acceptors (Lipinski definition) is 3. The lowest BCUT2D eigenvalue weighted by molar-refractivity contribution is -0.143. The molecule has 3 nitrogen and oxygen atoms in total. The van der Waals surface area contributed by atoms with Gasteiger partial charge in [-0.3, -0.25) is 10.1 Å². The number of hydrogen-bond donors (Lipinski definition) is 1. The number of methoxy groups -OCH3 is 1. The molecule has 1 unspecified atom stereocenters. The van der Waals surface area contributed by atoms with Crippen LogP contribution in [-0.2, 0) is 9.53 Å². The normalized spacial score (nSPS) is 39.5. The van der Waals surface area contributed by atoms with Crippen molar-refractivity contribution in [2.75, 3.05) is 7.11 Å². The number of esters is 1. The van der Waals surface area contributed by atoms with Crippen molar-refractivity contribution in [3.8, 4) is 0 Å². The van der Waals surface area contributed by atoms with Crippen molar-refractivity contribution in [2.45, 2.75) is 18.5 Å². The molecule has 0 aromatic carbocycles. The molecule has 0 aromatic rings. The summed E-state index contributed by atoms with van der Waals surface area (Å²) in [7, 11) is 1.43. The van der Waals surface area contributed by atoms with Gasteiger partial charge in [-0.1, -0.05) is 12.2 Å². The van der Waals surface area contributed by atoms with E-state index in [0.717, 1.165) is 6.42 Å². The van der Waals surface area contributed by atoms with Gasteiger partial charge in [-0.15, -0.1) is 0 Å². The molecular weight excluding hydrogens is 142 g/mol. The molecule has 3 heteroatoms. The lowest BCUT2D eigenvalue weighted by atomic mass is 10.0. The molecule has 11 heavy (non-hydrogen) atoms. The van der Waals surface area contributed by atoms with Crippen LogP contribution < -0.4 is 5.32 Å². The molecule has 0 radical (unpaired) electrons. The van der Waals surface area contributed by atoms with Crippen LogP contribution in [0.15, 0.2) is 12.2 Å². The Morgan fingerprint density at radius 2 is 2.45 bits per heavy atom. The van der Waals surface area contributed by atoms with Crippen LogP contribution in [-0.4, -0.2) is 25.2 Å². The molecule has 2 aliphatic rings. The highest BCUT2D eigenvalue weighted by atomic mass is 16.5. The Balaban J connectivity index is 2.08. The summed E-state index contributed by atoms with van der Waals surface area (Å²) in [5, 5.41) is 3.18. The highest BCUT2D eigenvalue weighted by Gasteiger charge is 2.39. The van der Waals surface area contributed by atoms with Crippen molar-refractivity contribution in [2.24, 2.45) is 5.92 Å². The van der Waals surface area contributed by atoms with Gasteiger partial charge in [0.05, 0.1) is 7.11 Å². The SMILES string of the molecule is COC(=O)C1N[C@H]2C=C[C@@H]1C2. The van der Waals surface area contributed by atoms with Crippen molar-refractivity contribution in [3.63, 3.8) is 0 Å². The molecule has 2 rings (SSSR count). The summed E-state index contributed by atoms with van der Waals surface area (Å²) in [6.45, 7) is 0. The fraction of sp³-hybridized carbons (Fsp3) is 0.625. The molecule has 1 N–H and O–H groups in total. The van der Waals surface area contributed by atoms with Crippen molar-refractivity contribution in [3.05, 3.63) is 12.2 Å². The van der Waals surface area contributed by atoms with Crippen LogP contribution in [0.1, 0.15) is 6.42 Å². The number of ether oxygens (including phenoxy) is 1. The van der Waals surface area contributed by atoms with E-state index in [1.165, 1.54) is 7.11 Å². The van der Waals surface area contributed by atoms with Crippen molar-refractivity contribution in [1.29, 1.82) is 0 Å². The van der Waals surface area contributed by atoms with E-state index in [-0.39, 0.29) is 12.0 Å². The van der Waals surface area contributed by atoms with Crippen molar-refractivity contribution < 1.29 is 9.53 Å². The summed E-state index contributed by atoms with van der Waals surface area (Å²) in [5.74, 6) is 0.231. The predicted molar refractivity (Wildman–Crippen MR) is 40.0 cm³/mol. The van der Waals surface area contributed by atoms with Crippen LogP contribution in [0.3, 0.4) is 0 Å². The molecule has 1 aliphatic carbocycles. The van der Waals surface area contributed by atoms with E-state index in [2.05, 4.69) is 22.2 Å². The van der Waals surface area contributed by atoms with E-state index in [4.69, 9.17) is 0 Å². The highest BCUT2D eigenvalue weighted by Crippen LogP contribution is 2.29. The van der Waals surface area contributed by atoms with Crippen LogP contribution in [0.2, 0.25) is 0 Å². The topological polar surface area (TPSA) is 38.3 Å². The summed E-state index contributed by atoms with van der Waals surface area (Å²) < 4.78 is 4.65. The Bertz CT molecular complexity index is 212. The Morgan fingerprint density at radius 1 is 1.64 bits per heavy atom. The van der Waals surface area contributed by atoms with E-state index >= 15 is 0 Å². The van der Waals surface area contributed by atoms with Crippen LogP contribution in [0, 0.1) is 5.92 Å². The maximum absolute atomic E-state index is 11.1. The molecule has 1 heterocycles. The van der Waals surface area contributed by atoms with Crippen molar-refractivity contribution >= 4 is 5.97 Å². The third kappa shape index (κ3) is 0.959. The first-order valence-corrected chi connectivity index (χ1v) is 3.83. The van der Waals surface area contributed by atoms with Gasteiger partial charge in [-0.25, -0.2) is 0 Å². The molecule has 60 valence electrons. The van der Waals surface area contributed by atoms with Gasteiger partial charge in [0.25, 0.3) is 0 Å². The second-order valence-electron chi connectivity index (χ2n) is 3.06. The average molecular weight is 153 g/mol. The predicted octanol–water partition coefficient (Wildman–Crippen LogP) is 0.0759. The summed E-state index contributed by atoms with van der Waals surface area (Å²) in [6.07, 6.45) is 5.27. The van der Waals surface area contributed by atoms with Crippen molar-refractivity contribution in [1.82, 2.24) is 5.32 Å². The van der Waals surface area contributed by atoms with Crippen LogP contribution in [0.25, 0.3) is 0 Å². The molecule has 1 fully saturated rings. The molecular formula is C8H11NO2. The van der Waals surface area contributed by atoms with Gasteiger partial charge in [0.1, 0.15) is 6.04 Å². The van der Waals surface area contributed by atoms with Gasteiger partial charge in [-0.2, -0.15) is 0 Å². The molecule has 0 aromatic heterocycles. The van der Waals surface area contributed by atoms with Gasteiger partial charge in [-0.05, 0) is 6.42 Å². The first-order chi connectivity index (χ1) is 5.31. The maximum atomic E-state index is 11.1. The smallest absolute Gasteiger partial charge is 0.323 e. The highest BCUT2D eigenvalue weighted by molar-refractivity contribution is 5.77. The Morgan fingerprint density at radius 3 is 2.91 bits per heavy atom. The zero-order chi connectivity index (χ0) is 7.84. The molecule has 0 saturated carbocycles.